The van der Waals surface area contributed by atoms with E-state index < -0.39 is 5.91 Å². The monoisotopic (exact) mass is 256 g/mol. The van der Waals surface area contributed by atoms with Crippen LogP contribution < -0.4 is 5.73 Å². The number of aromatic nitrogens is 1. The van der Waals surface area contributed by atoms with Crippen molar-refractivity contribution in [3.8, 4) is 0 Å². The molecule has 0 spiro atoms. The van der Waals surface area contributed by atoms with Crippen molar-refractivity contribution in [1.29, 1.82) is 0 Å². The molecule has 0 aliphatic heterocycles. The fourth-order valence-corrected chi connectivity index (χ4v) is 2.30. The number of unbranched alkanes of at least 4 members (excludes halogenated alkanes) is 3. The summed E-state index contributed by atoms with van der Waals surface area (Å²) in [6.45, 7) is 2.21. The third-order valence-electron chi connectivity index (χ3n) is 3.37. The Morgan fingerprint density at radius 3 is 2.84 bits per heavy atom. The first-order valence-corrected chi connectivity index (χ1v) is 6.90. The molecule has 0 aliphatic carbocycles. The number of hydrogen-bond donors (Lipinski definition) is 1. The van der Waals surface area contributed by atoms with Crippen molar-refractivity contribution in [2.24, 2.45) is 5.73 Å². The minimum atomic E-state index is -0.393. The number of nitrogens with two attached hydrogens (primary N) is 1. The van der Waals surface area contributed by atoms with Gasteiger partial charge in [0.05, 0.1) is 5.52 Å². The molecule has 19 heavy (non-hydrogen) atoms. The maximum atomic E-state index is 11.4. The van der Waals surface area contributed by atoms with Gasteiger partial charge in [-0.25, -0.2) is 0 Å². The fourth-order valence-electron chi connectivity index (χ4n) is 2.30. The number of rotatable bonds is 6. The molecule has 1 aromatic carbocycles. The van der Waals surface area contributed by atoms with Crippen molar-refractivity contribution < 1.29 is 4.79 Å². The molecule has 0 aliphatic rings. The number of benzene rings is 1. The largest absolute Gasteiger partial charge is 0.366 e. The predicted octanol–water partition coefficient (Wildman–Crippen LogP) is 3.46. The summed E-state index contributed by atoms with van der Waals surface area (Å²) >= 11 is 0. The summed E-state index contributed by atoms with van der Waals surface area (Å²) in [5.41, 5.74) is 7.96. The molecule has 0 bridgehead atoms. The minimum absolute atomic E-state index is 0.393. The molecular formula is C16H20N2O. The van der Waals surface area contributed by atoms with E-state index >= 15 is 0 Å². The maximum absolute atomic E-state index is 11.4. The molecule has 0 atom stereocenters. The lowest BCUT2D eigenvalue weighted by atomic mass is 10.0. The molecule has 0 radical (unpaired) electrons. The van der Waals surface area contributed by atoms with E-state index in [4.69, 9.17) is 5.73 Å². The van der Waals surface area contributed by atoms with Gasteiger partial charge in [0.25, 0.3) is 0 Å². The van der Waals surface area contributed by atoms with Crippen molar-refractivity contribution in [1.82, 2.24) is 4.98 Å². The quantitative estimate of drug-likeness (QED) is 0.805. The highest BCUT2D eigenvalue weighted by atomic mass is 16.1. The molecule has 2 rings (SSSR count). The van der Waals surface area contributed by atoms with Crippen molar-refractivity contribution in [2.75, 3.05) is 0 Å². The average molecular weight is 256 g/mol. The average Bonchev–Trinajstić information content (AvgIpc) is 2.42. The lowest BCUT2D eigenvalue weighted by Crippen LogP contribution is -2.11. The summed E-state index contributed by atoms with van der Waals surface area (Å²) in [5, 5.41) is 0.864. The summed E-state index contributed by atoms with van der Waals surface area (Å²) in [5.74, 6) is -0.393. The van der Waals surface area contributed by atoms with E-state index in [2.05, 4.69) is 11.9 Å². The molecule has 0 saturated carbocycles. The number of fused-ring (bicyclic) bond motifs is 1. The van der Waals surface area contributed by atoms with E-state index in [0.29, 0.717) is 5.56 Å². The Kier molecular flexibility index (Phi) is 4.50. The molecule has 0 fully saturated rings. The van der Waals surface area contributed by atoms with Crippen LogP contribution in [-0.4, -0.2) is 10.9 Å². The number of pyridine rings is 1. The first-order valence-electron chi connectivity index (χ1n) is 6.90. The molecule has 1 heterocycles. The summed E-state index contributed by atoms with van der Waals surface area (Å²) in [6, 6.07) is 7.53. The molecule has 3 heteroatoms. The zero-order valence-electron chi connectivity index (χ0n) is 11.4. The second-order valence-electron chi connectivity index (χ2n) is 4.89. The zero-order valence-corrected chi connectivity index (χ0v) is 11.4. The van der Waals surface area contributed by atoms with Crippen LogP contribution in [-0.2, 0) is 6.42 Å². The Labute approximate surface area is 113 Å². The van der Waals surface area contributed by atoms with Gasteiger partial charge in [-0.05, 0) is 36.6 Å². The zero-order chi connectivity index (χ0) is 13.7. The molecule has 1 amide bonds. The summed E-state index contributed by atoms with van der Waals surface area (Å²) < 4.78 is 0. The fraction of sp³-hybridized carbons (Fsp3) is 0.375. The van der Waals surface area contributed by atoms with Crippen molar-refractivity contribution in [3.63, 3.8) is 0 Å². The number of amides is 1. The Hall–Kier alpha value is -1.90. The van der Waals surface area contributed by atoms with Crippen LogP contribution in [0.1, 0.15) is 48.5 Å². The SMILES string of the molecule is CCCCCCc1cnc2cccc(C(N)=O)c2c1. The van der Waals surface area contributed by atoms with Gasteiger partial charge in [-0.15, -0.1) is 0 Å². The molecule has 1 aromatic heterocycles. The van der Waals surface area contributed by atoms with Crippen LogP contribution in [0, 0.1) is 0 Å². The van der Waals surface area contributed by atoms with E-state index in [0.717, 1.165) is 17.3 Å². The standard InChI is InChI=1S/C16H20N2O/c1-2-3-4-5-7-12-10-14-13(16(17)19)8-6-9-15(14)18-11-12/h6,8-11H,2-5,7H2,1H3,(H2,17,19). The van der Waals surface area contributed by atoms with Gasteiger partial charge >= 0.3 is 0 Å². The van der Waals surface area contributed by atoms with Crippen molar-refractivity contribution in [3.05, 3.63) is 41.6 Å². The van der Waals surface area contributed by atoms with Gasteiger partial charge in [-0.1, -0.05) is 32.3 Å². The minimum Gasteiger partial charge on any atom is -0.366 e. The van der Waals surface area contributed by atoms with Gasteiger partial charge in [-0.3, -0.25) is 9.78 Å². The van der Waals surface area contributed by atoms with Crippen LogP contribution in [0.25, 0.3) is 10.9 Å². The summed E-state index contributed by atoms with van der Waals surface area (Å²) in [6.07, 6.45) is 7.83. The number of aryl methyl sites for hydroxylation is 1. The van der Waals surface area contributed by atoms with Crippen molar-refractivity contribution >= 4 is 16.8 Å². The van der Waals surface area contributed by atoms with E-state index in [-0.39, 0.29) is 0 Å². The third-order valence-corrected chi connectivity index (χ3v) is 3.37. The Morgan fingerprint density at radius 1 is 1.26 bits per heavy atom. The second-order valence-corrected chi connectivity index (χ2v) is 4.89. The Balaban J connectivity index is 2.23. The van der Waals surface area contributed by atoms with E-state index in [9.17, 15) is 4.79 Å². The smallest absolute Gasteiger partial charge is 0.249 e. The van der Waals surface area contributed by atoms with Crippen LogP contribution in [0.4, 0.5) is 0 Å². The summed E-state index contributed by atoms with van der Waals surface area (Å²) in [7, 11) is 0. The number of carbonyl (C=O) groups excluding carboxylic acids is 1. The van der Waals surface area contributed by atoms with Gasteiger partial charge in [-0.2, -0.15) is 0 Å². The van der Waals surface area contributed by atoms with Gasteiger partial charge < -0.3 is 5.73 Å². The van der Waals surface area contributed by atoms with Crippen LogP contribution in [0.5, 0.6) is 0 Å². The van der Waals surface area contributed by atoms with Gasteiger partial charge in [0, 0.05) is 17.1 Å². The van der Waals surface area contributed by atoms with E-state index in [1.54, 1.807) is 6.07 Å². The summed E-state index contributed by atoms with van der Waals surface area (Å²) in [4.78, 5) is 15.8. The lowest BCUT2D eigenvalue weighted by Gasteiger charge is -2.06. The maximum Gasteiger partial charge on any atom is 0.249 e. The molecular weight excluding hydrogens is 236 g/mol. The normalized spacial score (nSPS) is 10.8. The Morgan fingerprint density at radius 2 is 2.11 bits per heavy atom. The van der Waals surface area contributed by atoms with E-state index in [1.165, 1.54) is 31.2 Å². The first-order chi connectivity index (χ1) is 9.22. The second kappa shape index (κ2) is 6.32. The number of hydrogen-bond acceptors (Lipinski definition) is 2. The molecule has 0 saturated heterocycles. The molecule has 2 N–H and O–H groups in total. The first kappa shape index (κ1) is 13.5. The Bertz CT molecular complexity index is 578. The lowest BCUT2D eigenvalue weighted by molar-refractivity contribution is 0.100. The van der Waals surface area contributed by atoms with E-state index in [1.807, 2.05) is 24.4 Å². The van der Waals surface area contributed by atoms with Crippen LogP contribution in [0.2, 0.25) is 0 Å². The van der Waals surface area contributed by atoms with Crippen LogP contribution >= 0.6 is 0 Å². The molecule has 2 aromatic rings. The topological polar surface area (TPSA) is 56.0 Å². The van der Waals surface area contributed by atoms with Gasteiger partial charge in [0.2, 0.25) is 5.91 Å². The van der Waals surface area contributed by atoms with Crippen LogP contribution in [0.3, 0.4) is 0 Å². The van der Waals surface area contributed by atoms with Gasteiger partial charge in [0.1, 0.15) is 0 Å². The van der Waals surface area contributed by atoms with Gasteiger partial charge in [0.15, 0.2) is 0 Å². The van der Waals surface area contributed by atoms with Crippen molar-refractivity contribution in [2.45, 2.75) is 39.0 Å². The highest BCUT2D eigenvalue weighted by Gasteiger charge is 2.07. The third kappa shape index (κ3) is 3.31. The molecule has 3 nitrogen and oxygen atoms in total. The highest BCUT2D eigenvalue weighted by Crippen LogP contribution is 2.19. The number of nitrogens with zero attached hydrogens (tertiary/aromatic N) is 1. The predicted molar refractivity (Wildman–Crippen MR) is 78.1 cm³/mol. The number of primary amides is 1. The number of carbonyl (C=O) groups is 1. The molecule has 100 valence electrons. The van der Waals surface area contributed by atoms with Crippen LogP contribution in [0.15, 0.2) is 30.5 Å². The highest BCUT2D eigenvalue weighted by molar-refractivity contribution is 6.05. The molecule has 0 unspecified atom stereocenters.